The van der Waals surface area contributed by atoms with E-state index in [1.54, 1.807) is 6.07 Å². The lowest BCUT2D eigenvalue weighted by molar-refractivity contribution is -0.141. The molecule has 1 aromatic carbocycles. The molecule has 0 aliphatic rings. The average molecular weight is 383 g/mol. The SMILES string of the molecule is N#Cc1c(-c2ccc(C(F)(F)F)cc2)[nH]c(C(F)(F)F)c1Br. The van der Waals surface area contributed by atoms with Crippen LogP contribution >= 0.6 is 15.9 Å². The largest absolute Gasteiger partial charge is 0.432 e. The number of hydrogen-bond acceptors (Lipinski definition) is 1. The predicted molar refractivity (Wildman–Crippen MR) is 68.6 cm³/mol. The lowest BCUT2D eigenvalue weighted by Gasteiger charge is -2.07. The van der Waals surface area contributed by atoms with Crippen molar-refractivity contribution in [3.63, 3.8) is 0 Å². The molecule has 2 aromatic rings. The van der Waals surface area contributed by atoms with Gasteiger partial charge in [-0.15, -0.1) is 0 Å². The molecule has 1 N–H and O–H groups in total. The van der Waals surface area contributed by atoms with E-state index in [-0.39, 0.29) is 16.8 Å². The molecule has 0 aliphatic heterocycles. The highest BCUT2D eigenvalue weighted by molar-refractivity contribution is 9.10. The topological polar surface area (TPSA) is 39.6 Å². The van der Waals surface area contributed by atoms with E-state index >= 15 is 0 Å². The minimum absolute atomic E-state index is 0.0424. The standard InChI is InChI=1S/C13H5BrF6N2/c14-9-8(5-21)10(22-11(9)13(18,19)20)6-1-3-7(4-2-6)12(15,16)17/h1-4,22H. The summed E-state index contributed by atoms with van der Waals surface area (Å²) in [5.74, 6) is 0. The fourth-order valence-electron chi connectivity index (χ4n) is 1.82. The Hall–Kier alpha value is -1.95. The first-order valence-corrected chi connectivity index (χ1v) is 6.41. The van der Waals surface area contributed by atoms with Gasteiger partial charge in [-0.2, -0.15) is 31.6 Å². The Morgan fingerprint density at radius 2 is 1.50 bits per heavy atom. The number of rotatable bonds is 1. The van der Waals surface area contributed by atoms with Gasteiger partial charge in [0.1, 0.15) is 11.8 Å². The van der Waals surface area contributed by atoms with Crippen molar-refractivity contribution < 1.29 is 26.3 Å². The second-order valence-electron chi connectivity index (χ2n) is 4.25. The minimum atomic E-state index is -4.73. The molecule has 0 saturated carbocycles. The van der Waals surface area contributed by atoms with Crippen LogP contribution in [-0.2, 0) is 12.4 Å². The summed E-state index contributed by atoms with van der Waals surface area (Å²) in [7, 11) is 0. The third kappa shape index (κ3) is 2.97. The highest BCUT2D eigenvalue weighted by Crippen LogP contribution is 2.40. The lowest BCUT2D eigenvalue weighted by atomic mass is 10.1. The third-order valence-electron chi connectivity index (χ3n) is 2.84. The molecule has 2 nitrogen and oxygen atoms in total. The van der Waals surface area contributed by atoms with Gasteiger partial charge in [0.25, 0.3) is 0 Å². The van der Waals surface area contributed by atoms with Gasteiger partial charge in [-0.25, -0.2) is 0 Å². The summed E-state index contributed by atoms with van der Waals surface area (Å²) < 4.78 is 75.3. The number of nitrogens with zero attached hydrogens (tertiary/aromatic N) is 1. The number of hydrogen-bond donors (Lipinski definition) is 1. The Labute approximate surface area is 128 Å². The van der Waals surface area contributed by atoms with Crippen LogP contribution < -0.4 is 0 Å². The maximum atomic E-state index is 12.8. The second-order valence-corrected chi connectivity index (χ2v) is 5.04. The van der Waals surface area contributed by atoms with Gasteiger partial charge in [-0.05, 0) is 33.6 Å². The number of halogens is 7. The van der Waals surface area contributed by atoms with Crippen molar-refractivity contribution in [2.24, 2.45) is 0 Å². The maximum absolute atomic E-state index is 12.8. The summed E-state index contributed by atoms with van der Waals surface area (Å²) in [6, 6.07) is 5.07. The molecule has 0 fully saturated rings. The van der Waals surface area contributed by atoms with Crippen molar-refractivity contribution in [3.05, 3.63) is 45.6 Å². The molecule has 0 saturated heterocycles. The molecule has 9 heteroatoms. The zero-order valence-electron chi connectivity index (χ0n) is 10.4. The molecular formula is C13H5BrF6N2. The lowest BCUT2D eigenvalue weighted by Crippen LogP contribution is -2.06. The van der Waals surface area contributed by atoms with Crippen LogP contribution in [-0.4, -0.2) is 4.98 Å². The van der Waals surface area contributed by atoms with Gasteiger partial charge >= 0.3 is 12.4 Å². The number of benzene rings is 1. The Morgan fingerprint density at radius 3 is 1.91 bits per heavy atom. The minimum Gasteiger partial charge on any atom is -0.349 e. The van der Waals surface area contributed by atoms with E-state index in [9.17, 15) is 26.3 Å². The van der Waals surface area contributed by atoms with Crippen LogP contribution in [0.25, 0.3) is 11.3 Å². The Bertz CT molecular complexity index is 734. The Morgan fingerprint density at radius 1 is 0.955 bits per heavy atom. The van der Waals surface area contributed by atoms with Gasteiger partial charge in [0.15, 0.2) is 0 Å². The van der Waals surface area contributed by atoms with E-state index in [4.69, 9.17) is 5.26 Å². The number of nitrogens with one attached hydrogen (secondary N) is 1. The molecule has 0 bridgehead atoms. The van der Waals surface area contributed by atoms with E-state index in [0.29, 0.717) is 0 Å². The van der Waals surface area contributed by atoms with E-state index in [2.05, 4.69) is 15.9 Å². The summed E-state index contributed by atoms with van der Waals surface area (Å²) >= 11 is 2.69. The molecule has 116 valence electrons. The van der Waals surface area contributed by atoms with Crippen molar-refractivity contribution in [1.82, 2.24) is 4.98 Å². The first kappa shape index (κ1) is 16.4. The molecule has 1 heterocycles. The number of H-pyrrole nitrogens is 1. The quantitative estimate of drug-likeness (QED) is 0.663. The van der Waals surface area contributed by atoms with Crippen LogP contribution in [0.2, 0.25) is 0 Å². The molecule has 0 amide bonds. The highest BCUT2D eigenvalue weighted by atomic mass is 79.9. The number of aromatic amines is 1. The maximum Gasteiger partial charge on any atom is 0.432 e. The van der Waals surface area contributed by atoms with Crippen molar-refractivity contribution in [2.45, 2.75) is 12.4 Å². The van der Waals surface area contributed by atoms with Crippen LogP contribution in [0.4, 0.5) is 26.3 Å². The molecule has 1 aromatic heterocycles. The van der Waals surface area contributed by atoms with Crippen LogP contribution in [0.15, 0.2) is 28.7 Å². The van der Waals surface area contributed by atoms with Crippen molar-refractivity contribution in [3.8, 4) is 17.3 Å². The second kappa shape index (κ2) is 5.35. The van der Waals surface area contributed by atoms with Crippen molar-refractivity contribution in [1.29, 1.82) is 5.26 Å². The van der Waals surface area contributed by atoms with Crippen LogP contribution in [0, 0.1) is 11.3 Å². The van der Waals surface area contributed by atoms with Crippen LogP contribution in [0.5, 0.6) is 0 Å². The average Bonchev–Trinajstić information content (AvgIpc) is 2.74. The van der Waals surface area contributed by atoms with Crippen LogP contribution in [0.3, 0.4) is 0 Å². The monoisotopic (exact) mass is 382 g/mol. The molecule has 0 spiro atoms. The molecule has 0 radical (unpaired) electrons. The van der Waals surface area contributed by atoms with Crippen LogP contribution in [0.1, 0.15) is 16.8 Å². The normalized spacial score (nSPS) is 12.3. The van der Waals surface area contributed by atoms with E-state index in [0.717, 1.165) is 24.3 Å². The molecule has 2 rings (SSSR count). The third-order valence-corrected chi connectivity index (χ3v) is 3.63. The molecule has 0 atom stereocenters. The van der Waals surface area contributed by atoms with Crippen molar-refractivity contribution in [2.75, 3.05) is 0 Å². The zero-order valence-corrected chi connectivity index (χ0v) is 12.0. The Kier molecular flexibility index (Phi) is 4.00. The summed E-state index contributed by atoms with van der Waals surface area (Å²) in [5.41, 5.74) is -2.58. The van der Waals surface area contributed by atoms with Gasteiger partial charge in [0.2, 0.25) is 0 Å². The summed E-state index contributed by atoms with van der Waals surface area (Å²) in [5, 5.41) is 8.98. The zero-order chi connectivity index (χ0) is 16.7. The first-order valence-electron chi connectivity index (χ1n) is 5.62. The van der Waals surface area contributed by atoms with Gasteiger partial charge in [-0.1, -0.05) is 12.1 Å². The number of nitriles is 1. The molecule has 22 heavy (non-hydrogen) atoms. The predicted octanol–water partition coefficient (Wildman–Crippen LogP) is 5.35. The summed E-state index contributed by atoms with van der Waals surface area (Å²) in [6.45, 7) is 0. The van der Waals surface area contributed by atoms with Gasteiger partial charge < -0.3 is 4.98 Å². The van der Waals surface area contributed by atoms with E-state index in [1.165, 1.54) is 0 Å². The smallest absolute Gasteiger partial charge is 0.349 e. The summed E-state index contributed by atoms with van der Waals surface area (Å²) in [4.78, 5) is 2.04. The molecule has 0 unspecified atom stereocenters. The number of alkyl halides is 6. The van der Waals surface area contributed by atoms with Gasteiger partial charge in [0, 0.05) is 0 Å². The highest BCUT2D eigenvalue weighted by Gasteiger charge is 2.37. The van der Waals surface area contributed by atoms with Crippen molar-refractivity contribution >= 4 is 15.9 Å². The van der Waals surface area contributed by atoms with Gasteiger partial charge in [-0.3, -0.25) is 0 Å². The summed E-state index contributed by atoms with van der Waals surface area (Å²) in [6.07, 6.45) is -9.28. The van der Waals surface area contributed by atoms with Gasteiger partial charge in [0.05, 0.1) is 21.3 Å². The number of aromatic nitrogens is 1. The molecule has 0 aliphatic carbocycles. The molecular weight excluding hydrogens is 378 g/mol. The fraction of sp³-hybridized carbons (Fsp3) is 0.154. The van der Waals surface area contributed by atoms with E-state index < -0.39 is 28.1 Å². The van der Waals surface area contributed by atoms with E-state index in [1.807, 2.05) is 4.98 Å². The first-order chi connectivity index (χ1) is 10.1. The Balaban J connectivity index is 2.56. The fourth-order valence-corrected chi connectivity index (χ4v) is 2.43.